The maximum atomic E-state index is 11.2. The maximum Gasteiger partial charge on any atom is 0.325 e. The van der Waals surface area contributed by atoms with E-state index in [1.54, 1.807) is 6.92 Å². The maximum absolute atomic E-state index is 11.2. The Morgan fingerprint density at radius 1 is 1.56 bits per heavy atom. The SMILES string of the molecule is Cc1noc(CNC(=O)N[C@H](C)C(=O)O)n1. The first kappa shape index (κ1) is 12.0. The Morgan fingerprint density at radius 3 is 2.75 bits per heavy atom. The van der Waals surface area contributed by atoms with Crippen LogP contribution in [0.25, 0.3) is 0 Å². The van der Waals surface area contributed by atoms with E-state index in [1.165, 1.54) is 6.92 Å². The summed E-state index contributed by atoms with van der Waals surface area (Å²) in [6.45, 7) is 3.07. The van der Waals surface area contributed by atoms with Crippen molar-refractivity contribution in [2.24, 2.45) is 0 Å². The summed E-state index contributed by atoms with van der Waals surface area (Å²) in [5.41, 5.74) is 0. The molecular formula is C8H12N4O4. The van der Waals surface area contributed by atoms with E-state index < -0.39 is 18.0 Å². The van der Waals surface area contributed by atoms with Gasteiger partial charge < -0.3 is 20.3 Å². The van der Waals surface area contributed by atoms with Crippen LogP contribution in [0.4, 0.5) is 4.79 Å². The zero-order valence-electron chi connectivity index (χ0n) is 8.85. The number of aryl methyl sites for hydroxylation is 1. The lowest BCUT2D eigenvalue weighted by Crippen LogP contribution is -2.44. The summed E-state index contributed by atoms with van der Waals surface area (Å²) in [5, 5.41) is 16.7. The van der Waals surface area contributed by atoms with Crippen LogP contribution in [0, 0.1) is 6.92 Å². The van der Waals surface area contributed by atoms with Gasteiger partial charge in [0.2, 0.25) is 5.89 Å². The highest BCUT2D eigenvalue weighted by atomic mass is 16.5. The smallest absolute Gasteiger partial charge is 0.325 e. The first-order valence-electron chi connectivity index (χ1n) is 4.55. The molecule has 0 spiro atoms. The number of nitrogens with zero attached hydrogens (tertiary/aromatic N) is 2. The lowest BCUT2D eigenvalue weighted by atomic mass is 10.3. The van der Waals surface area contributed by atoms with E-state index in [9.17, 15) is 9.59 Å². The van der Waals surface area contributed by atoms with E-state index in [2.05, 4.69) is 20.8 Å². The molecule has 1 aromatic heterocycles. The van der Waals surface area contributed by atoms with Crippen molar-refractivity contribution in [1.29, 1.82) is 0 Å². The van der Waals surface area contributed by atoms with Crippen molar-refractivity contribution in [2.75, 3.05) is 0 Å². The molecule has 3 N–H and O–H groups in total. The number of rotatable bonds is 4. The molecule has 1 heterocycles. The largest absolute Gasteiger partial charge is 0.480 e. The minimum atomic E-state index is -1.11. The Labute approximate surface area is 91.0 Å². The number of carbonyl (C=O) groups is 2. The predicted molar refractivity (Wildman–Crippen MR) is 51.5 cm³/mol. The number of carboxylic acids is 1. The van der Waals surface area contributed by atoms with E-state index in [4.69, 9.17) is 9.63 Å². The molecule has 0 fully saturated rings. The van der Waals surface area contributed by atoms with Crippen LogP contribution in [0.5, 0.6) is 0 Å². The van der Waals surface area contributed by atoms with E-state index in [0.717, 1.165) is 0 Å². The molecule has 0 unspecified atom stereocenters. The van der Waals surface area contributed by atoms with Crippen LogP contribution in [0.15, 0.2) is 4.52 Å². The van der Waals surface area contributed by atoms with Crippen LogP contribution in [-0.2, 0) is 11.3 Å². The van der Waals surface area contributed by atoms with Crippen molar-refractivity contribution >= 4 is 12.0 Å². The van der Waals surface area contributed by atoms with Gasteiger partial charge in [0.1, 0.15) is 6.04 Å². The number of hydrogen-bond donors (Lipinski definition) is 3. The zero-order chi connectivity index (χ0) is 12.1. The van der Waals surface area contributed by atoms with Crippen LogP contribution in [-0.4, -0.2) is 33.3 Å². The molecule has 1 atom stereocenters. The Kier molecular flexibility index (Phi) is 3.81. The second kappa shape index (κ2) is 5.10. The van der Waals surface area contributed by atoms with Crippen LogP contribution in [0.2, 0.25) is 0 Å². The standard InChI is InChI=1S/C8H12N4O4/c1-4(7(13)14)10-8(15)9-3-6-11-5(2)12-16-6/h4H,3H2,1-2H3,(H,13,14)(H2,9,10,15)/t4-/m1/s1. The summed E-state index contributed by atoms with van der Waals surface area (Å²) >= 11 is 0. The Bertz CT molecular complexity index is 389. The molecule has 0 saturated heterocycles. The second-order valence-corrected chi connectivity index (χ2v) is 3.12. The first-order valence-corrected chi connectivity index (χ1v) is 4.55. The molecule has 0 aliphatic heterocycles. The van der Waals surface area contributed by atoms with E-state index >= 15 is 0 Å². The number of aliphatic carboxylic acids is 1. The lowest BCUT2D eigenvalue weighted by Gasteiger charge is -2.08. The van der Waals surface area contributed by atoms with Crippen LogP contribution < -0.4 is 10.6 Å². The molecule has 8 nitrogen and oxygen atoms in total. The van der Waals surface area contributed by atoms with Gasteiger partial charge in [0.25, 0.3) is 0 Å². The molecule has 8 heteroatoms. The summed E-state index contributed by atoms with van der Waals surface area (Å²) in [4.78, 5) is 25.5. The van der Waals surface area contributed by atoms with E-state index in [1.807, 2.05) is 0 Å². The third-order valence-corrected chi connectivity index (χ3v) is 1.69. The molecule has 0 bridgehead atoms. The van der Waals surface area contributed by atoms with Crippen molar-refractivity contribution in [2.45, 2.75) is 26.4 Å². The van der Waals surface area contributed by atoms with Crippen molar-refractivity contribution in [1.82, 2.24) is 20.8 Å². The van der Waals surface area contributed by atoms with Gasteiger partial charge in [-0.3, -0.25) is 4.79 Å². The summed E-state index contributed by atoms with van der Waals surface area (Å²) in [6, 6.07) is -1.56. The minimum Gasteiger partial charge on any atom is -0.480 e. The topological polar surface area (TPSA) is 117 Å². The molecule has 0 radical (unpaired) electrons. The third kappa shape index (κ3) is 3.56. The van der Waals surface area contributed by atoms with Gasteiger partial charge in [0.15, 0.2) is 5.82 Å². The Hall–Kier alpha value is -2.12. The highest BCUT2D eigenvalue weighted by Crippen LogP contribution is 1.94. The summed E-state index contributed by atoms with van der Waals surface area (Å²) in [5.74, 6) is -0.379. The van der Waals surface area contributed by atoms with Gasteiger partial charge >= 0.3 is 12.0 Å². The minimum absolute atomic E-state index is 0.0546. The van der Waals surface area contributed by atoms with Gasteiger partial charge in [-0.05, 0) is 13.8 Å². The molecule has 1 aromatic rings. The molecule has 1 rings (SSSR count). The number of carbonyl (C=O) groups excluding carboxylic acids is 1. The van der Waals surface area contributed by atoms with Gasteiger partial charge in [-0.25, -0.2) is 4.79 Å². The van der Waals surface area contributed by atoms with Crippen molar-refractivity contribution < 1.29 is 19.2 Å². The molecule has 88 valence electrons. The summed E-state index contributed by atoms with van der Waals surface area (Å²) in [7, 11) is 0. The van der Waals surface area contributed by atoms with E-state index in [0.29, 0.717) is 5.82 Å². The number of amides is 2. The number of urea groups is 1. The normalized spacial score (nSPS) is 11.9. The van der Waals surface area contributed by atoms with Gasteiger partial charge in [-0.2, -0.15) is 4.98 Å². The quantitative estimate of drug-likeness (QED) is 0.648. The Morgan fingerprint density at radius 2 is 2.25 bits per heavy atom. The van der Waals surface area contributed by atoms with Crippen LogP contribution in [0.1, 0.15) is 18.6 Å². The molecule has 0 aliphatic rings. The molecule has 0 aromatic carbocycles. The highest BCUT2D eigenvalue weighted by Gasteiger charge is 2.13. The average molecular weight is 228 g/mol. The summed E-state index contributed by atoms with van der Waals surface area (Å²) in [6.07, 6.45) is 0. The van der Waals surface area contributed by atoms with Gasteiger partial charge in [0, 0.05) is 0 Å². The van der Waals surface area contributed by atoms with Crippen molar-refractivity contribution in [3.05, 3.63) is 11.7 Å². The fourth-order valence-corrected chi connectivity index (χ4v) is 0.877. The highest BCUT2D eigenvalue weighted by molar-refractivity contribution is 5.81. The fourth-order valence-electron chi connectivity index (χ4n) is 0.877. The second-order valence-electron chi connectivity index (χ2n) is 3.12. The Balaban J connectivity index is 2.33. The molecule has 16 heavy (non-hydrogen) atoms. The molecule has 0 saturated carbocycles. The van der Waals surface area contributed by atoms with Crippen molar-refractivity contribution in [3.63, 3.8) is 0 Å². The lowest BCUT2D eigenvalue weighted by molar-refractivity contribution is -0.138. The first-order chi connectivity index (χ1) is 7.49. The average Bonchev–Trinajstić information content (AvgIpc) is 2.61. The number of hydrogen-bond acceptors (Lipinski definition) is 5. The van der Waals surface area contributed by atoms with Crippen LogP contribution in [0.3, 0.4) is 0 Å². The number of aromatic nitrogens is 2. The van der Waals surface area contributed by atoms with Crippen LogP contribution >= 0.6 is 0 Å². The van der Waals surface area contributed by atoms with E-state index in [-0.39, 0.29) is 12.4 Å². The number of nitrogens with one attached hydrogen (secondary N) is 2. The monoisotopic (exact) mass is 228 g/mol. The van der Waals surface area contributed by atoms with Gasteiger partial charge in [-0.15, -0.1) is 0 Å². The molecule has 2 amide bonds. The summed E-state index contributed by atoms with van der Waals surface area (Å²) < 4.78 is 4.75. The van der Waals surface area contributed by atoms with Gasteiger partial charge in [0.05, 0.1) is 6.54 Å². The van der Waals surface area contributed by atoms with Gasteiger partial charge in [-0.1, -0.05) is 5.16 Å². The predicted octanol–water partition coefficient (Wildman–Crippen LogP) is -0.350. The third-order valence-electron chi connectivity index (χ3n) is 1.69. The number of carboxylic acid groups (broad SMARTS) is 1. The van der Waals surface area contributed by atoms with Crippen molar-refractivity contribution in [3.8, 4) is 0 Å². The zero-order valence-corrected chi connectivity index (χ0v) is 8.85. The fraction of sp³-hybridized carbons (Fsp3) is 0.500. The molecular weight excluding hydrogens is 216 g/mol. The molecule has 0 aliphatic carbocycles.